The van der Waals surface area contributed by atoms with Crippen LogP contribution in [-0.4, -0.2) is 26.4 Å². The van der Waals surface area contributed by atoms with E-state index in [2.05, 4.69) is 10.0 Å². The zero-order valence-corrected chi connectivity index (χ0v) is 15.2. The molecule has 2 aromatic carbocycles. The van der Waals surface area contributed by atoms with Crippen LogP contribution in [0.1, 0.15) is 6.92 Å². The van der Waals surface area contributed by atoms with Crippen LogP contribution >= 0.6 is 11.6 Å². The van der Waals surface area contributed by atoms with E-state index in [1.807, 2.05) is 0 Å². The highest BCUT2D eigenvalue weighted by atomic mass is 35.5. The van der Waals surface area contributed by atoms with Crippen molar-refractivity contribution < 1.29 is 22.9 Å². The molecule has 2 rings (SSSR count). The van der Waals surface area contributed by atoms with E-state index in [0.717, 1.165) is 6.07 Å². The van der Waals surface area contributed by atoms with Gasteiger partial charge in [-0.1, -0.05) is 11.6 Å². The van der Waals surface area contributed by atoms with E-state index >= 15 is 0 Å². The Balaban J connectivity index is 2.40. The van der Waals surface area contributed by atoms with Crippen molar-refractivity contribution in [3.05, 3.63) is 51.5 Å². The van der Waals surface area contributed by atoms with Crippen LogP contribution in [0.15, 0.2) is 41.3 Å². The lowest BCUT2D eigenvalue weighted by Crippen LogP contribution is -2.14. The lowest BCUT2D eigenvalue weighted by molar-refractivity contribution is -0.384. The van der Waals surface area contributed by atoms with Crippen LogP contribution in [-0.2, 0) is 14.8 Å². The molecule has 2 N–H and O–H groups in total. The van der Waals surface area contributed by atoms with Crippen molar-refractivity contribution in [1.82, 2.24) is 0 Å². The van der Waals surface area contributed by atoms with Crippen LogP contribution in [0, 0.1) is 10.1 Å². The van der Waals surface area contributed by atoms with Crippen molar-refractivity contribution in [3.8, 4) is 5.75 Å². The first kappa shape index (κ1) is 19.5. The molecule has 138 valence electrons. The van der Waals surface area contributed by atoms with Crippen molar-refractivity contribution in [2.45, 2.75) is 11.8 Å². The molecule has 0 saturated heterocycles. The number of amides is 1. The number of ether oxygens (including phenoxy) is 1. The van der Waals surface area contributed by atoms with Crippen LogP contribution < -0.4 is 14.8 Å². The summed E-state index contributed by atoms with van der Waals surface area (Å²) in [6.07, 6.45) is 0. The van der Waals surface area contributed by atoms with Gasteiger partial charge in [0, 0.05) is 13.0 Å². The average molecular weight is 400 g/mol. The van der Waals surface area contributed by atoms with E-state index in [1.165, 1.54) is 44.4 Å². The summed E-state index contributed by atoms with van der Waals surface area (Å²) in [5, 5.41) is 13.3. The summed E-state index contributed by atoms with van der Waals surface area (Å²) >= 11 is 5.71. The standard InChI is InChI=1S/C15H14ClN3O6S/c1-9(20)17-13-8-11(4-6-15(13)25-2)26(23,24)18-10-3-5-12(16)14(7-10)19(21)22/h3-8,18H,1-2H3,(H,17,20). The average Bonchev–Trinajstić information content (AvgIpc) is 2.55. The van der Waals surface area contributed by atoms with E-state index in [0.29, 0.717) is 0 Å². The lowest BCUT2D eigenvalue weighted by atomic mass is 10.3. The maximum atomic E-state index is 12.5. The van der Waals surface area contributed by atoms with Gasteiger partial charge in [-0.05, 0) is 30.3 Å². The molecule has 11 heteroatoms. The molecular formula is C15H14ClN3O6S. The number of methoxy groups -OCH3 is 1. The van der Waals surface area contributed by atoms with Gasteiger partial charge in [-0.15, -0.1) is 0 Å². The van der Waals surface area contributed by atoms with Gasteiger partial charge in [0.2, 0.25) is 5.91 Å². The van der Waals surface area contributed by atoms with Gasteiger partial charge >= 0.3 is 0 Å². The Labute approximate surface area is 154 Å². The molecule has 1 amide bonds. The normalized spacial score (nSPS) is 10.9. The van der Waals surface area contributed by atoms with Crippen molar-refractivity contribution >= 4 is 44.6 Å². The maximum absolute atomic E-state index is 12.5. The number of benzene rings is 2. The van der Waals surface area contributed by atoms with Gasteiger partial charge in [0.05, 0.1) is 28.3 Å². The third-order valence-electron chi connectivity index (χ3n) is 3.19. The molecule has 0 radical (unpaired) electrons. The number of halogens is 1. The fourth-order valence-electron chi connectivity index (χ4n) is 2.07. The first-order valence-electron chi connectivity index (χ1n) is 7.06. The molecule has 0 heterocycles. The quantitative estimate of drug-likeness (QED) is 0.567. The number of sulfonamides is 1. The summed E-state index contributed by atoms with van der Waals surface area (Å²) in [5.41, 5.74) is -0.288. The topological polar surface area (TPSA) is 128 Å². The molecule has 0 aliphatic rings. The van der Waals surface area contributed by atoms with Gasteiger partial charge in [0.15, 0.2) is 0 Å². The maximum Gasteiger partial charge on any atom is 0.289 e. The highest BCUT2D eigenvalue weighted by Gasteiger charge is 2.20. The second-order valence-electron chi connectivity index (χ2n) is 5.07. The van der Waals surface area contributed by atoms with Gasteiger partial charge in [-0.2, -0.15) is 0 Å². The Morgan fingerprint density at radius 1 is 1.23 bits per heavy atom. The van der Waals surface area contributed by atoms with E-state index < -0.39 is 26.5 Å². The number of carbonyl (C=O) groups excluding carboxylic acids is 1. The lowest BCUT2D eigenvalue weighted by Gasteiger charge is -2.12. The van der Waals surface area contributed by atoms with Crippen molar-refractivity contribution in [1.29, 1.82) is 0 Å². The molecule has 0 bridgehead atoms. The summed E-state index contributed by atoms with van der Waals surface area (Å²) in [4.78, 5) is 21.3. The number of rotatable bonds is 6. The molecule has 0 unspecified atom stereocenters. The molecule has 0 spiro atoms. The molecule has 0 atom stereocenters. The molecule has 0 aliphatic carbocycles. The predicted octanol–water partition coefficient (Wildman–Crippen LogP) is 3.02. The SMILES string of the molecule is COc1ccc(S(=O)(=O)Nc2ccc(Cl)c([N+](=O)[O-])c2)cc1NC(C)=O. The molecule has 0 fully saturated rings. The van der Waals surface area contributed by atoms with Crippen LogP contribution in [0.4, 0.5) is 17.1 Å². The summed E-state index contributed by atoms with van der Waals surface area (Å²) in [6.45, 7) is 1.27. The molecule has 0 aliphatic heterocycles. The number of nitrogens with zero attached hydrogens (tertiary/aromatic N) is 1. The molecule has 0 aromatic heterocycles. The van der Waals surface area contributed by atoms with Gasteiger partial charge in [0.25, 0.3) is 15.7 Å². The van der Waals surface area contributed by atoms with Crippen molar-refractivity contribution in [2.75, 3.05) is 17.1 Å². The van der Waals surface area contributed by atoms with Gasteiger partial charge in [0.1, 0.15) is 10.8 Å². The Kier molecular flexibility index (Phi) is 5.68. The van der Waals surface area contributed by atoms with E-state index in [4.69, 9.17) is 16.3 Å². The summed E-state index contributed by atoms with van der Waals surface area (Å²) in [6, 6.07) is 7.39. The summed E-state index contributed by atoms with van der Waals surface area (Å²) in [5.74, 6) is -0.125. The fraction of sp³-hybridized carbons (Fsp3) is 0.133. The van der Waals surface area contributed by atoms with Gasteiger partial charge < -0.3 is 10.1 Å². The third kappa shape index (κ3) is 4.41. The minimum Gasteiger partial charge on any atom is -0.495 e. The second kappa shape index (κ2) is 7.58. The minimum atomic E-state index is -4.07. The molecule has 9 nitrogen and oxygen atoms in total. The van der Waals surface area contributed by atoms with Crippen LogP contribution in [0.2, 0.25) is 5.02 Å². The Hall–Kier alpha value is -2.85. The Morgan fingerprint density at radius 2 is 1.92 bits per heavy atom. The number of anilines is 2. The van der Waals surface area contributed by atoms with E-state index in [-0.39, 0.29) is 27.0 Å². The minimum absolute atomic E-state index is 0.0296. The third-order valence-corrected chi connectivity index (χ3v) is 4.89. The van der Waals surface area contributed by atoms with Crippen LogP contribution in [0.3, 0.4) is 0 Å². The second-order valence-corrected chi connectivity index (χ2v) is 7.16. The monoisotopic (exact) mass is 399 g/mol. The molecular weight excluding hydrogens is 386 g/mol. The first-order chi connectivity index (χ1) is 12.1. The largest absolute Gasteiger partial charge is 0.495 e. The molecule has 0 saturated carbocycles. The first-order valence-corrected chi connectivity index (χ1v) is 8.92. The number of hydrogen-bond donors (Lipinski definition) is 2. The van der Waals surface area contributed by atoms with E-state index in [1.54, 1.807) is 0 Å². The summed E-state index contributed by atoms with van der Waals surface area (Å²) < 4.78 is 32.4. The summed E-state index contributed by atoms with van der Waals surface area (Å²) in [7, 11) is -2.70. The molecule has 26 heavy (non-hydrogen) atoms. The van der Waals surface area contributed by atoms with Crippen LogP contribution in [0.25, 0.3) is 0 Å². The highest BCUT2D eigenvalue weighted by Crippen LogP contribution is 2.31. The Bertz CT molecular complexity index is 977. The molecule has 2 aromatic rings. The van der Waals surface area contributed by atoms with E-state index in [9.17, 15) is 23.3 Å². The fourth-order valence-corrected chi connectivity index (χ4v) is 3.33. The predicted molar refractivity (Wildman–Crippen MR) is 96.2 cm³/mol. The van der Waals surface area contributed by atoms with Crippen molar-refractivity contribution in [2.24, 2.45) is 0 Å². The number of carbonyl (C=O) groups is 1. The number of hydrogen-bond acceptors (Lipinski definition) is 6. The van der Waals surface area contributed by atoms with Gasteiger partial charge in [-0.3, -0.25) is 19.6 Å². The Morgan fingerprint density at radius 3 is 2.50 bits per heavy atom. The number of nitrogens with one attached hydrogen (secondary N) is 2. The zero-order valence-electron chi connectivity index (χ0n) is 13.6. The van der Waals surface area contributed by atoms with Gasteiger partial charge in [-0.25, -0.2) is 8.42 Å². The van der Waals surface area contributed by atoms with Crippen molar-refractivity contribution in [3.63, 3.8) is 0 Å². The highest BCUT2D eigenvalue weighted by molar-refractivity contribution is 7.92. The zero-order chi connectivity index (χ0) is 19.5. The number of nitro groups is 1. The smallest absolute Gasteiger partial charge is 0.289 e. The number of nitro benzene ring substituents is 1. The van der Waals surface area contributed by atoms with Crippen LogP contribution in [0.5, 0.6) is 5.75 Å².